The van der Waals surface area contributed by atoms with Gasteiger partial charge in [-0.15, -0.1) is 0 Å². The molecular weight excluding hydrogens is 284 g/mol. The van der Waals surface area contributed by atoms with Crippen molar-refractivity contribution in [3.05, 3.63) is 60.2 Å². The molecule has 0 radical (unpaired) electrons. The smallest absolute Gasteiger partial charge is 0.132 e. The number of hydrogen-bond acceptors (Lipinski definition) is 3. The van der Waals surface area contributed by atoms with Gasteiger partial charge in [0.1, 0.15) is 5.82 Å². The van der Waals surface area contributed by atoms with Crippen molar-refractivity contribution in [2.24, 2.45) is 0 Å². The van der Waals surface area contributed by atoms with E-state index < -0.39 is 0 Å². The van der Waals surface area contributed by atoms with E-state index in [1.165, 1.54) is 5.56 Å². The second kappa shape index (κ2) is 5.78. The zero-order chi connectivity index (χ0) is 15.8. The molecule has 118 valence electrons. The van der Waals surface area contributed by atoms with Gasteiger partial charge in [0.15, 0.2) is 0 Å². The summed E-state index contributed by atoms with van der Waals surface area (Å²) in [4.78, 5) is 15.1. The third-order valence-corrected chi connectivity index (χ3v) is 5.19. The van der Waals surface area contributed by atoms with Gasteiger partial charge in [-0.3, -0.25) is 4.90 Å². The van der Waals surface area contributed by atoms with E-state index in [4.69, 9.17) is 4.98 Å². The van der Waals surface area contributed by atoms with Crippen LogP contribution < -0.4 is 0 Å². The monoisotopic (exact) mass is 306 g/mol. The summed E-state index contributed by atoms with van der Waals surface area (Å²) in [7, 11) is 2.23. The molecule has 4 heteroatoms. The van der Waals surface area contributed by atoms with Crippen LogP contribution in [0, 0.1) is 0 Å². The molecule has 1 saturated heterocycles. The molecule has 3 aromatic rings. The highest BCUT2D eigenvalue weighted by molar-refractivity contribution is 5.73. The second-order valence-corrected chi connectivity index (χ2v) is 6.61. The van der Waals surface area contributed by atoms with Gasteiger partial charge in [0, 0.05) is 24.2 Å². The lowest BCUT2D eigenvalue weighted by Gasteiger charge is -2.41. The molecule has 3 heterocycles. The topological polar surface area (TPSA) is 44.8 Å². The van der Waals surface area contributed by atoms with Crippen molar-refractivity contribution in [3.63, 3.8) is 0 Å². The minimum atomic E-state index is 0.408. The van der Waals surface area contributed by atoms with E-state index in [1.54, 1.807) is 0 Å². The van der Waals surface area contributed by atoms with Crippen molar-refractivity contribution in [2.75, 3.05) is 7.05 Å². The Morgan fingerprint density at radius 2 is 1.96 bits per heavy atom. The highest BCUT2D eigenvalue weighted by Crippen LogP contribution is 2.40. The van der Waals surface area contributed by atoms with Crippen LogP contribution in [0.25, 0.3) is 11.0 Å². The summed E-state index contributed by atoms with van der Waals surface area (Å²) in [5.41, 5.74) is 3.40. The van der Waals surface area contributed by atoms with Crippen molar-refractivity contribution in [2.45, 2.75) is 37.8 Å². The zero-order valence-corrected chi connectivity index (χ0v) is 13.6. The van der Waals surface area contributed by atoms with Gasteiger partial charge in [0.25, 0.3) is 0 Å². The molecule has 4 rings (SSSR count). The zero-order valence-electron chi connectivity index (χ0n) is 13.6. The van der Waals surface area contributed by atoms with Gasteiger partial charge >= 0.3 is 0 Å². The highest BCUT2D eigenvalue weighted by Gasteiger charge is 2.33. The van der Waals surface area contributed by atoms with Crippen LogP contribution in [0.3, 0.4) is 0 Å². The van der Waals surface area contributed by atoms with Crippen LogP contribution in [0.4, 0.5) is 0 Å². The molecule has 23 heavy (non-hydrogen) atoms. The van der Waals surface area contributed by atoms with Gasteiger partial charge in [-0.2, -0.15) is 0 Å². The number of piperidine rings is 1. The second-order valence-electron chi connectivity index (χ2n) is 6.61. The summed E-state index contributed by atoms with van der Waals surface area (Å²) >= 11 is 0. The summed E-state index contributed by atoms with van der Waals surface area (Å²) < 4.78 is 0. The molecule has 1 aliphatic heterocycles. The van der Waals surface area contributed by atoms with Crippen molar-refractivity contribution in [1.82, 2.24) is 19.9 Å². The number of nitrogens with zero attached hydrogens (tertiary/aromatic N) is 3. The lowest BCUT2D eigenvalue weighted by atomic mass is 9.83. The third kappa shape index (κ3) is 2.63. The first-order valence-corrected chi connectivity index (χ1v) is 8.29. The molecule has 1 fully saturated rings. The lowest BCUT2D eigenvalue weighted by Crippen LogP contribution is -2.40. The number of aromatic nitrogens is 3. The van der Waals surface area contributed by atoms with E-state index in [-0.39, 0.29) is 0 Å². The van der Waals surface area contributed by atoms with Crippen LogP contribution in [0.5, 0.6) is 0 Å². The molecule has 0 amide bonds. The Labute approximate surface area is 136 Å². The Morgan fingerprint density at radius 1 is 1.13 bits per heavy atom. The fourth-order valence-corrected chi connectivity index (χ4v) is 3.73. The van der Waals surface area contributed by atoms with Crippen molar-refractivity contribution >= 4 is 11.0 Å². The summed E-state index contributed by atoms with van der Waals surface area (Å²) in [5.74, 6) is 1.39. The van der Waals surface area contributed by atoms with Gasteiger partial charge in [-0.1, -0.05) is 30.3 Å². The van der Waals surface area contributed by atoms with E-state index in [0.29, 0.717) is 18.0 Å². The number of rotatable bonds is 2. The molecule has 2 aromatic heterocycles. The highest BCUT2D eigenvalue weighted by atomic mass is 15.2. The Balaban J connectivity index is 1.66. The van der Waals surface area contributed by atoms with E-state index in [1.807, 2.05) is 18.5 Å². The predicted molar refractivity (Wildman–Crippen MR) is 92.3 cm³/mol. The maximum Gasteiger partial charge on any atom is 0.132 e. The maximum atomic E-state index is 4.79. The molecule has 1 aromatic carbocycles. The first-order valence-electron chi connectivity index (χ1n) is 8.29. The van der Waals surface area contributed by atoms with E-state index in [0.717, 1.165) is 29.7 Å². The fraction of sp³-hybridized carbons (Fsp3) is 0.368. The normalized spacial score (nSPS) is 25.7. The predicted octanol–water partition coefficient (Wildman–Crippen LogP) is 3.90. The van der Waals surface area contributed by atoms with Crippen LogP contribution in [0.15, 0.2) is 48.8 Å². The first kappa shape index (κ1) is 14.4. The number of aromatic amines is 1. The van der Waals surface area contributed by atoms with Gasteiger partial charge < -0.3 is 4.98 Å². The average molecular weight is 306 g/mol. The molecule has 0 spiro atoms. The third-order valence-electron chi connectivity index (χ3n) is 5.19. The number of fused-ring (bicyclic) bond motifs is 1. The number of H-pyrrole nitrogens is 1. The summed E-state index contributed by atoms with van der Waals surface area (Å²) in [6.07, 6.45) is 6.02. The van der Waals surface area contributed by atoms with E-state index in [9.17, 15) is 0 Å². The van der Waals surface area contributed by atoms with Gasteiger partial charge in [-0.25, -0.2) is 9.97 Å². The van der Waals surface area contributed by atoms with Crippen LogP contribution in [-0.4, -0.2) is 32.9 Å². The summed E-state index contributed by atoms with van der Waals surface area (Å²) in [6, 6.07) is 13.8. The molecule has 0 bridgehead atoms. The molecular formula is C19H22N4. The quantitative estimate of drug-likeness (QED) is 0.781. The molecule has 3 atom stereocenters. The van der Waals surface area contributed by atoms with Crippen LogP contribution >= 0.6 is 0 Å². The van der Waals surface area contributed by atoms with Crippen LogP contribution in [0.2, 0.25) is 0 Å². The minimum absolute atomic E-state index is 0.408. The SMILES string of the molecule is CC1CC(c2ncc3[nH]ccc3n2)CC(c2ccccc2)N1C. The number of hydrogen-bond donors (Lipinski definition) is 1. The average Bonchev–Trinajstić information content (AvgIpc) is 3.05. The Hall–Kier alpha value is -2.20. The maximum absolute atomic E-state index is 4.79. The van der Waals surface area contributed by atoms with E-state index in [2.05, 4.69) is 59.2 Å². The molecule has 1 N–H and O–H groups in total. The van der Waals surface area contributed by atoms with Crippen molar-refractivity contribution in [3.8, 4) is 0 Å². The number of benzene rings is 1. The van der Waals surface area contributed by atoms with Crippen LogP contribution in [-0.2, 0) is 0 Å². The van der Waals surface area contributed by atoms with E-state index >= 15 is 0 Å². The van der Waals surface area contributed by atoms with Gasteiger partial charge in [-0.05, 0) is 38.4 Å². The lowest BCUT2D eigenvalue weighted by molar-refractivity contribution is 0.109. The Kier molecular flexibility index (Phi) is 3.62. The molecule has 0 aliphatic carbocycles. The Morgan fingerprint density at radius 3 is 2.78 bits per heavy atom. The van der Waals surface area contributed by atoms with Crippen LogP contribution in [0.1, 0.15) is 43.1 Å². The van der Waals surface area contributed by atoms with Crippen molar-refractivity contribution in [1.29, 1.82) is 0 Å². The van der Waals surface area contributed by atoms with Crippen molar-refractivity contribution < 1.29 is 0 Å². The molecule has 1 aliphatic rings. The summed E-state index contributed by atoms with van der Waals surface area (Å²) in [6.45, 7) is 2.30. The summed E-state index contributed by atoms with van der Waals surface area (Å²) in [5, 5.41) is 0. The molecule has 4 nitrogen and oxygen atoms in total. The Bertz CT molecular complexity index is 795. The minimum Gasteiger partial charge on any atom is -0.359 e. The molecule has 0 saturated carbocycles. The van der Waals surface area contributed by atoms with Gasteiger partial charge in [0.05, 0.1) is 17.2 Å². The standard InChI is InChI=1S/C19H22N4/c1-13-10-15(19-21-12-17-16(22-19)8-9-20-17)11-18(23(13)2)14-6-4-3-5-7-14/h3-9,12-13,15,18,20H,10-11H2,1-2H3. The largest absolute Gasteiger partial charge is 0.359 e. The first-order chi connectivity index (χ1) is 11.2. The molecule has 3 unspecified atom stereocenters. The fourth-order valence-electron chi connectivity index (χ4n) is 3.73. The number of likely N-dealkylation sites (tertiary alicyclic amines) is 1. The number of nitrogens with one attached hydrogen (secondary N) is 1. The van der Waals surface area contributed by atoms with Gasteiger partial charge in [0.2, 0.25) is 0 Å².